The number of aromatic nitrogens is 2. The van der Waals surface area contributed by atoms with Crippen LogP contribution in [0, 0.1) is 0 Å². The van der Waals surface area contributed by atoms with Crippen LogP contribution in [0.25, 0.3) is 16.9 Å². The molecule has 0 saturated carbocycles. The molecule has 4 rings (SSSR count). The maximum atomic E-state index is 12.6. The molecule has 0 aliphatic carbocycles. The first-order chi connectivity index (χ1) is 14.2. The maximum absolute atomic E-state index is 12.6. The van der Waals surface area contributed by atoms with E-state index in [0.717, 1.165) is 16.9 Å². The van der Waals surface area contributed by atoms with E-state index in [0.29, 0.717) is 22.2 Å². The van der Waals surface area contributed by atoms with Crippen molar-refractivity contribution in [1.82, 2.24) is 9.55 Å². The van der Waals surface area contributed by atoms with Gasteiger partial charge in [-0.15, -0.1) is 11.3 Å². The standard InChI is InChI=1S/C22H19N3O3S/c1-27-17-9-10-18(20(13-17)28-2)19-14-29-22(23-19)24-21(26)15-5-7-16(8-6-15)25-11-3-4-12-25/h3-14H,1-2H3,(H,23,24,26). The van der Waals surface area contributed by atoms with Crippen molar-refractivity contribution in [2.24, 2.45) is 0 Å². The van der Waals surface area contributed by atoms with Gasteiger partial charge in [-0.2, -0.15) is 0 Å². The molecule has 0 aliphatic heterocycles. The van der Waals surface area contributed by atoms with Crippen LogP contribution in [0.4, 0.5) is 5.13 Å². The SMILES string of the molecule is COc1ccc(-c2csc(NC(=O)c3ccc(-n4cccc4)cc3)n2)c(OC)c1. The number of nitrogens with one attached hydrogen (secondary N) is 1. The lowest BCUT2D eigenvalue weighted by molar-refractivity contribution is 0.102. The molecule has 0 radical (unpaired) electrons. The molecule has 0 atom stereocenters. The van der Waals surface area contributed by atoms with E-state index in [4.69, 9.17) is 9.47 Å². The molecule has 6 nitrogen and oxygen atoms in total. The number of methoxy groups -OCH3 is 2. The van der Waals surface area contributed by atoms with Crippen LogP contribution < -0.4 is 14.8 Å². The maximum Gasteiger partial charge on any atom is 0.257 e. The van der Waals surface area contributed by atoms with Gasteiger partial charge >= 0.3 is 0 Å². The third kappa shape index (κ3) is 4.00. The van der Waals surface area contributed by atoms with E-state index < -0.39 is 0 Å². The fourth-order valence-electron chi connectivity index (χ4n) is 2.93. The Labute approximate surface area is 172 Å². The molecule has 2 aromatic heterocycles. The van der Waals surface area contributed by atoms with Gasteiger partial charge in [-0.3, -0.25) is 10.1 Å². The molecule has 0 fully saturated rings. The zero-order chi connectivity index (χ0) is 20.2. The number of ether oxygens (including phenoxy) is 2. The highest BCUT2D eigenvalue weighted by Crippen LogP contribution is 2.34. The number of benzene rings is 2. The largest absolute Gasteiger partial charge is 0.497 e. The number of amides is 1. The molecule has 29 heavy (non-hydrogen) atoms. The lowest BCUT2D eigenvalue weighted by atomic mass is 10.1. The number of hydrogen-bond donors (Lipinski definition) is 1. The summed E-state index contributed by atoms with van der Waals surface area (Å²) in [6.07, 6.45) is 3.92. The fourth-order valence-corrected chi connectivity index (χ4v) is 3.63. The van der Waals surface area contributed by atoms with Crippen LogP contribution >= 0.6 is 11.3 Å². The van der Waals surface area contributed by atoms with E-state index >= 15 is 0 Å². The first kappa shape index (κ1) is 18.8. The normalized spacial score (nSPS) is 10.6. The van der Waals surface area contributed by atoms with Gasteiger partial charge < -0.3 is 14.0 Å². The number of anilines is 1. The van der Waals surface area contributed by atoms with Crippen LogP contribution in [0.15, 0.2) is 72.4 Å². The van der Waals surface area contributed by atoms with E-state index in [-0.39, 0.29) is 5.91 Å². The molecule has 7 heteroatoms. The first-order valence-electron chi connectivity index (χ1n) is 8.90. The van der Waals surface area contributed by atoms with Gasteiger partial charge in [-0.1, -0.05) is 0 Å². The monoisotopic (exact) mass is 405 g/mol. The second-order valence-corrected chi connectivity index (χ2v) is 7.05. The quantitative estimate of drug-likeness (QED) is 0.497. The second kappa shape index (κ2) is 8.20. The van der Waals surface area contributed by atoms with Gasteiger partial charge in [0.05, 0.1) is 19.9 Å². The van der Waals surface area contributed by atoms with Crippen molar-refractivity contribution in [3.8, 4) is 28.4 Å². The van der Waals surface area contributed by atoms with Gasteiger partial charge in [0.1, 0.15) is 11.5 Å². The highest BCUT2D eigenvalue weighted by Gasteiger charge is 2.13. The lowest BCUT2D eigenvalue weighted by Gasteiger charge is -2.08. The van der Waals surface area contributed by atoms with Gasteiger partial charge in [0, 0.05) is 40.7 Å². The molecule has 0 bridgehead atoms. The van der Waals surface area contributed by atoms with Crippen LogP contribution in [0.5, 0.6) is 11.5 Å². The molecule has 0 unspecified atom stereocenters. The highest BCUT2D eigenvalue weighted by atomic mass is 32.1. The minimum Gasteiger partial charge on any atom is -0.497 e. The Bertz CT molecular complexity index is 1120. The van der Waals surface area contributed by atoms with Crippen molar-refractivity contribution in [1.29, 1.82) is 0 Å². The molecule has 0 spiro atoms. The topological polar surface area (TPSA) is 65.4 Å². The van der Waals surface area contributed by atoms with E-state index in [1.807, 2.05) is 58.7 Å². The Morgan fingerprint density at radius 2 is 1.79 bits per heavy atom. The van der Waals surface area contributed by atoms with Gasteiger partial charge in [-0.25, -0.2) is 4.98 Å². The van der Waals surface area contributed by atoms with Crippen LogP contribution in [0.3, 0.4) is 0 Å². The van der Waals surface area contributed by atoms with E-state index in [9.17, 15) is 4.79 Å². The molecule has 1 N–H and O–H groups in total. The number of nitrogens with zero attached hydrogens (tertiary/aromatic N) is 2. The molecule has 146 valence electrons. The summed E-state index contributed by atoms with van der Waals surface area (Å²) in [5.74, 6) is 1.16. The minimum atomic E-state index is -0.202. The Balaban J connectivity index is 1.50. The molecule has 1 amide bonds. The predicted molar refractivity (Wildman–Crippen MR) is 114 cm³/mol. The Morgan fingerprint density at radius 1 is 1.03 bits per heavy atom. The third-order valence-electron chi connectivity index (χ3n) is 4.44. The average molecular weight is 405 g/mol. The highest BCUT2D eigenvalue weighted by molar-refractivity contribution is 7.14. The van der Waals surface area contributed by atoms with Crippen LogP contribution in [0.2, 0.25) is 0 Å². The summed E-state index contributed by atoms with van der Waals surface area (Å²) in [7, 11) is 3.21. The molecule has 2 heterocycles. The van der Waals surface area contributed by atoms with Crippen LogP contribution in [-0.4, -0.2) is 29.7 Å². The molecular formula is C22H19N3O3S. The van der Waals surface area contributed by atoms with Gasteiger partial charge in [0.25, 0.3) is 5.91 Å². The second-order valence-electron chi connectivity index (χ2n) is 6.20. The van der Waals surface area contributed by atoms with Crippen LogP contribution in [0.1, 0.15) is 10.4 Å². The fraction of sp³-hybridized carbons (Fsp3) is 0.0909. The summed E-state index contributed by atoms with van der Waals surface area (Å²) >= 11 is 1.36. The van der Waals surface area contributed by atoms with Crippen molar-refractivity contribution < 1.29 is 14.3 Å². The van der Waals surface area contributed by atoms with Crippen molar-refractivity contribution in [3.05, 3.63) is 77.9 Å². The zero-order valence-electron chi connectivity index (χ0n) is 16.0. The Morgan fingerprint density at radius 3 is 2.48 bits per heavy atom. The predicted octanol–water partition coefficient (Wildman–Crippen LogP) is 4.87. The summed E-state index contributed by atoms with van der Waals surface area (Å²) in [5.41, 5.74) is 3.13. The smallest absolute Gasteiger partial charge is 0.257 e. The number of thiazole rings is 1. The Kier molecular flexibility index (Phi) is 5.31. The molecular weight excluding hydrogens is 386 g/mol. The van der Waals surface area contributed by atoms with E-state index in [1.54, 1.807) is 32.4 Å². The van der Waals surface area contributed by atoms with Crippen molar-refractivity contribution in [2.75, 3.05) is 19.5 Å². The van der Waals surface area contributed by atoms with Gasteiger partial charge in [0.2, 0.25) is 0 Å². The summed E-state index contributed by atoms with van der Waals surface area (Å²) in [5, 5.41) is 5.27. The average Bonchev–Trinajstić information content (AvgIpc) is 3.46. The summed E-state index contributed by atoms with van der Waals surface area (Å²) < 4.78 is 12.7. The van der Waals surface area contributed by atoms with Gasteiger partial charge in [-0.05, 0) is 48.5 Å². The molecule has 0 saturated heterocycles. The number of hydrogen-bond acceptors (Lipinski definition) is 5. The van der Waals surface area contributed by atoms with Crippen molar-refractivity contribution in [3.63, 3.8) is 0 Å². The Hall–Kier alpha value is -3.58. The van der Waals surface area contributed by atoms with Crippen LogP contribution in [-0.2, 0) is 0 Å². The third-order valence-corrected chi connectivity index (χ3v) is 5.20. The number of rotatable bonds is 6. The summed E-state index contributed by atoms with van der Waals surface area (Å²) in [6, 6.07) is 16.9. The van der Waals surface area contributed by atoms with Crippen molar-refractivity contribution >= 4 is 22.4 Å². The lowest BCUT2D eigenvalue weighted by Crippen LogP contribution is -2.11. The van der Waals surface area contributed by atoms with E-state index in [1.165, 1.54) is 11.3 Å². The zero-order valence-corrected chi connectivity index (χ0v) is 16.8. The summed E-state index contributed by atoms with van der Waals surface area (Å²) in [6.45, 7) is 0. The van der Waals surface area contributed by atoms with Gasteiger partial charge in [0.15, 0.2) is 5.13 Å². The van der Waals surface area contributed by atoms with Crippen molar-refractivity contribution in [2.45, 2.75) is 0 Å². The molecule has 4 aromatic rings. The molecule has 0 aliphatic rings. The minimum absolute atomic E-state index is 0.202. The molecule has 2 aromatic carbocycles. The number of carbonyl (C=O) groups excluding carboxylic acids is 1. The van der Waals surface area contributed by atoms with E-state index in [2.05, 4.69) is 10.3 Å². The summed E-state index contributed by atoms with van der Waals surface area (Å²) in [4.78, 5) is 17.1. The first-order valence-corrected chi connectivity index (χ1v) is 9.78. The number of carbonyl (C=O) groups is 1.